The third-order valence-electron chi connectivity index (χ3n) is 3.61. The summed E-state index contributed by atoms with van der Waals surface area (Å²) < 4.78 is 6.57. The Bertz CT molecular complexity index is 514. The molecule has 0 aliphatic carbocycles. The van der Waals surface area contributed by atoms with Crippen LogP contribution in [0.25, 0.3) is 0 Å². The van der Waals surface area contributed by atoms with E-state index in [4.69, 9.17) is 4.74 Å². The van der Waals surface area contributed by atoms with E-state index in [0.717, 1.165) is 30.4 Å². The van der Waals surface area contributed by atoms with Gasteiger partial charge in [0, 0.05) is 30.1 Å². The molecule has 122 valence electrons. The molecule has 1 fully saturated rings. The van der Waals surface area contributed by atoms with E-state index in [1.165, 1.54) is 5.56 Å². The standard InChI is InChI=1S/C17H25BrN2O2/c1-17(2,3)22-16(21)20-10-6-8-14(12-20)19-11-13-7-4-5-9-15(13)18/h4-5,7,9,14,19H,6,8,10-12H2,1-3H3. The van der Waals surface area contributed by atoms with E-state index >= 15 is 0 Å². The number of nitrogens with zero attached hydrogens (tertiary/aromatic N) is 1. The number of carbonyl (C=O) groups is 1. The molecule has 5 heteroatoms. The molecule has 0 aromatic heterocycles. The van der Waals surface area contributed by atoms with Crippen molar-refractivity contribution in [3.8, 4) is 0 Å². The zero-order chi connectivity index (χ0) is 16.2. The van der Waals surface area contributed by atoms with Crippen molar-refractivity contribution in [1.82, 2.24) is 10.2 Å². The van der Waals surface area contributed by atoms with Gasteiger partial charge >= 0.3 is 6.09 Å². The minimum atomic E-state index is -0.438. The summed E-state index contributed by atoms with van der Waals surface area (Å²) in [6.07, 6.45) is 1.89. The first-order valence-corrected chi connectivity index (χ1v) is 8.59. The lowest BCUT2D eigenvalue weighted by atomic mass is 10.1. The Morgan fingerprint density at radius 2 is 2.14 bits per heavy atom. The Hall–Kier alpha value is -1.07. The molecule has 1 heterocycles. The lowest BCUT2D eigenvalue weighted by Crippen LogP contribution is -2.49. The van der Waals surface area contributed by atoms with Crippen LogP contribution in [0.2, 0.25) is 0 Å². The van der Waals surface area contributed by atoms with Gasteiger partial charge in [-0.3, -0.25) is 0 Å². The van der Waals surface area contributed by atoms with Crippen molar-refractivity contribution in [3.05, 3.63) is 34.3 Å². The van der Waals surface area contributed by atoms with Crippen molar-refractivity contribution in [2.24, 2.45) is 0 Å². The molecule has 1 N–H and O–H groups in total. The highest BCUT2D eigenvalue weighted by Crippen LogP contribution is 2.18. The van der Waals surface area contributed by atoms with Gasteiger partial charge in [0.2, 0.25) is 0 Å². The van der Waals surface area contributed by atoms with E-state index in [-0.39, 0.29) is 6.09 Å². The van der Waals surface area contributed by atoms with Gasteiger partial charge in [-0.05, 0) is 45.2 Å². The number of rotatable bonds is 3. The van der Waals surface area contributed by atoms with Crippen molar-refractivity contribution in [1.29, 1.82) is 0 Å². The van der Waals surface area contributed by atoms with Crippen LogP contribution in [0.4, 0.5) is 4.79 Å². The van der Waals surface area contributed by atoms with Crippen molar-refractivity contribution in [2.45, 2.75) is 51.8 Å². The molecule has 1 unspecified atom stereocenters. The van der Waals surface area contributed by atoms with Gasteiger partial charge in [0.1, 0.15) is 5.60 Å². The summed E-state index contributed by atoms with van der Waals surface area (Å²) in [6, 6.07) is 8.51. The molecule has 2 rings (SSSR count). The zero-order valence-corrected chi connectivity index (χ0v) is 15.1. The average Bonchev–Trinajstić information content (AvgIpc) is 2.45. The Morgan fingerprint density at radius 1 is 1.41 bits per heavy atom. The zero-order valence-electron chi connectivity index (χ0n) is 13.6. The summed E-state index contributed by atoms with van der Waals surface area (Å²) in [4.78, 5) is 14.0. The summed E-state index contributed by atoms with van der Waals surface area (Å²) in [7, 11) is 0. The fraction of sp³-hybridized carbons (Fsp3) is 0.588. The van der Waals surface area contributed by atoms with E-state index in [0.29, 0.717) is 12.6 Å². The Morgan fingerprint density at radius 3 is 2.82 bits per heavy atom. The molecule has 1 aromatic carbocycles. The van der Waals surface area contributed by atoms with E-state index in [9.17, 15) is 4.79 Å². The predicted molar refractivity (Wildman–Crippen MR) is 91.8 cm³/mol. The van der Waals surface area contributed by atoms with Crippen LogP contribution in [0.5, 0.6) is 0 Å². The molecule has 0 spiro atoms. The quantitative estimate of drug-likeness (QED) is 0.878. The van der Waals surface area contributed by atoms with Gasteiger partial charge in [-0.1, -0.05) is 34.1 Å². The normalized spacial score (nSPS) is 19.1. The second kappa shape index (κ2) is 7.47. The number of likely N-dealkylation sites (tertiary alicyclic amines) is 1. The van der Waals surface area contributed by atoms with Gasteiger partial charge in [0.05, 0.1) is 0 Å². The summed E-state index contributed by atoms with van der Waals surface area (Å²) in [6.45, 7) is 7.99. The van der Waals surface area contributed by atoms with Crippen LogP contribution < -0.4 is 5.32 Å². The molecule has 1 aromatic rings. The molecule has 1 aliphatic heterocycles. The molecule has 22 heavy (non-hydrogen) atoms. The first-order chi connectivity index (χ1) is 10.3. The maximum atomic E-state index is 12.2. The number of benzene rings is 1. The Kier molecular flexibility index (Phi) is 5.87. The molecule has 4 nitrogen and oxygen atoms in total. The second-order valence-corrected chi connectivity index (χ2v) is 7.59. The molecule has 1 amide bonds. The highest BCUT2D eigenvalue weighted by Gasteiger charge is 2.27. The molecule has 0 bridgehead atoms. The topological polar surface area (TPSA) is 41.6 Å². The minimum absolute atomic E-state index is 0.208. The van der Waals surface area contributed by atoms with Crippen LogP contribution in [0.1, 0.15) is 39.2 Å². The SMILES string of the molecule is CC(C)(C)OC(=O)N1CCCC(NCc2ccccc2Br)C1. The largest absolute Gasteiger partial charge is 0.444 e. The number of piperidine rings is 1. The number of amides is 1. The number of carbonyl (C=O) groups excluding carboxylic acids is 1. The smallest absolute Gasteiger partial charge is 0.410 e. The second-order valence-electron chi connectivity index (χ2n) is 6.74. The highest BCUT2D eigenvalue weighted by molar-refractivity contribution is 9.10. The highest BCUT2D eigenvalue weighted by atomic mass is 79.9. The van der Waals surface area contributed by atoms with Crippen LogP contribution in [0, 0.1) is 0 Å². The van der Waals surface area contributed by atoms with Crippen molar-refractivity contribution in [3.63, 3.8) is 0 Å². The first kappa shape index (κ1) is 17.3. The third kappa shape index (κ3) is 5.29. The summed E-state index contributed by atoms with van der Waals surface area (Å²) in [5.74, 6) is 0. The van der Waals surface area contributed by atoms with E-state index in [1.54, 1.807) is 0 Å². The van der Waals surface area contributed by atoms with Crippen molar-refractivity contribution >= 4 is 22.0 Å². The third-order valence-corrected chi connectivity index (χ3v) is 4.39. The number of hydrogen-bond donors (Lipinski definition) is 1. The van der Waals surface area contributed by atoms with Crippen molar-refractivity contribution in [2.75, 3.05) is 13.1 Å². The summed E-state index contributed by atoms with van der Waals surface area (Å²) in [5.41, 5.74) is 0.795. The van der Waals surface area contributed by atoms with E-state index in [1.807, 2.05) is 43.9 Å². The number of ether oxygens (including phenoxy) is 1. The molecule has 1 aliphatic rings. The van der Waals surface area contributed by atoms with Crippen LogP contribution in [0.3, 0.4) is 0 Å². The molecule has 1 atom stereocenters. The lowest BCUT2D eigenvalue weighted by Gasteiger charge is -2.34. The molecule has 1 saturated heterocycles. The van der Waals surface area contributed by atoms with Gasteiger partial charge in [-0.25, -0.2) is 4.79 Å². The summed E-state index contributed by atoms with van der Waals surface area (Å²) in [5, 5.41) is 3.55. The van der Waals surface area contributed by atoms with Gasteiger partial charge in [0.15, 0.2) is 0 Å². The number of hydrogen-bond acceptors (Lipinski definition) is 3. The minimum Gasteiger partial charge on any atom is -0.444 e. The monoisotopic (exact) mass is 368 g/mol. The van der Waals surface area contributed by atoms with Gasteiger partial charge in [-0.2, -0.15) is 0 Å². The van der Waals surface area contributed by atoms with E-state index < -0.39 is 5.60 Å². The Balaban J connectivity index is 1.86. The summed E-state index contributed by atoms with van der Waals surface area (Å²) >= 11 is 3.56. The maximum absolute atomic E-state index is 12.2. The molecule has 0 radical (unpaired) electrons. The molecular formula is C17H25BrN2O2. The predicted octanol–water partition coefficient (Wildman–Crippen LogP) is 3.94. The van der Waals surface area contributed by atoms with Crippen LogP contribution in [-0.2, 0) is 11.3 Å². The van der Waals surface area contributed by atoms with E-state index in [2.05, 4.69) is 27.3 Å². The van der Waals surface area contributed by atoms with Crippen LogP contribution in [0.15, 0.2) is 28.7 Å². The first-order valence-electron chi connectivity index (χ1n) is 7.80. The van der Waals surface area contributed by atoms with Gasteiger partial charge in [0.25, 0.3) is 0 Å². The van der Waals surface area contributed by atoms with Gasteiger partial charge < -0.3 is 15.0 Å². The number of nitrogens with one attached hydrogen (secondary N) is 1. The fourth-order valence-electron chi connectivity index (χ4n) is 2.53. The maximum Gasteiger partial charge on any atom is 0.410 e. The fourth-order valence-corrected chi connectivity index (χ4v) is 2.96. The number of halogens is 1. The van der Waals surface area contributed by atoms with Crippen molar-refractivity contribution < 1.29 is 9.53 Å². The Labute approximate surface area is 141 Å². The van der Waals surface area contributed by atoms with Crippen LogP contribution in [-0.4, -0.2) is 35.7 Å². The molecule has 0 saturated carbocycles. The lowest BCUT2D eigenvalue weighted by molar-refractivity contribution is 0.0187. The molecular weight excluding hydrogens is 344 g/mol. The van der Waals surface area contributed by atoms with Crippen LogP contribution >= 0.6 is 15.9 Å². The average molecular weight is 369 g/mol. The van der Waals surface area contributed by atoms with Gasteiger partial charge in [-0.15, -0.1) is 0 Å².